The van der Waals surface area contributed by atoms with E-state index in [-0.39, 0.29) is 0 Å². The van der Waals surface area contributed by atoms with Crippen LogP contribution in [0.15, 0.2) is 54.6 Å². The van der Waals surface area contributed by atoms with Crippen molar-refractivity contribution in [2.45, 2.75) is 27.2 Å². The molecule has 2 aromatic carbocycles. The first-order chi connectivity index (χ1) is 10.7. The van der Waals surface area contributed by atoms with Crippen LogP contribution in [0.2, 0.25) is 0 Å². The molecular weight excluding hydrogens is 270 g/mol. The molecule has 0 saturated heterocycles. The number of nitrogens with zero attached hydrogens (tertiary/aromatic N) is 1. The van der Waals surface area contributed by atoms with Gasteiger partial charge in [0.1, 0.15) is 11.5 Å². The molecule has 0 heterocycles. The van der Waals surface area contributed by atoms with E-state index in [1.807, 2.05) is 30.3 Å². The summed E-state index contributed by atoms with van der Waals surface area (Å²) in [6.45, 7) is 10.2. The summed E-state index contributed by atoms with van der Waals surface area (Å²) < 4.78 is 5.83. The summed E-state index contributed by atoms with van der Waals surface area (Å²) in [5.41, 5.74) is 1.38. The number of hydrogen-bond acceptors (Lipinski definition) is 2. The van der Waals surface area contributed by atoms with Crippen LogP contribution < -0.4 is 4.74 Å². The van der Waals surface area contributed by atoms with Crippen LogP contribution in [0.5, 0.6) is 11.5 Å². The van der Waals surface area contributed by atoms with E-state index >= 15 is 0 Å². The van der Waals surface area contributed by atoms with Gasteiger partial charge in [0.25, 0.3) is 0 Å². The molecule has 0 aliphatic heterocycles. The van der Waals surface area contributed by atoms with Crippen LogP contribution in [0.1, 0.15) is 26.3 Å². The van der Waals surface area contributed by atoms with Gasteiger partial charge in [0.15, 0.2) is 0 Å². The molecule has 0 spiro atoms. The highest BCUT2D eigenvalue weighted by molar-refractivity contribution is 5.33. The summed E-state index contributed by atoms with van der Waals surface area (Å²) in [5.74, 6) is 2.44. The molecule has 22 heavy (non-hydrogen) atoms. The maximum Gasteiger partial charge on any atom is 0.127 e. The Balaban J connectivity index is 1.89. The lowest BCUT2D eigenvalue weighted by molar-refractivity contribution is 0.260. The fourth-order valence-electron chi connectivity index (χ4n) is 2.71. The molecule has 2 aromatic rings. The standard InChI is InChI=1S/C20H27NO/c1-4-21(5-2)16-17(3)15-18-11-13-20(14-12-18)22-19-9-7-6-8-10-19/h6-14,17H,4-5,15-16H2,1-3H3. The Bertz CT molecular complexity index is 531. The normalized spacial score (nSPS) is 12.4. The second-order valence-corrected chi connectivity index (χ2v) is 5.85. The van der Waals surface area contributed by atoms with E-state index in [2.05, 4.69) is 49.9 Å². The van der Waals surface area contributed by atoms with Gasteiger partial charge in [-0.05, 0) is 55.3 Å². The molecule has 0 radical (unpaired) electrons. The molecule has 1 unspecified atom stereocenters. The summed E-state index contributed by atoms with van der Waals surface area (Å²) in [5, 5.41) is 0. The average Bonchev–Trinajstić information content (AvgIpc) is 2.55. The Morgan fingerprint density at radius 3 is 2.05 bits per heavy atom. The van der Waals surface area contributed by atoms with Crippen LogP contribution in [0.3, 0.4) is 0 Å². The summed E-state index contributed by atoms with van der Waals surface area (Å²) >= 11 is 0. The molecule has 2 heteroatoms. The fraction of sp³-hybridized carbons (Fsp3) is 0.400. The number of rotatable bonds is 8. The summed E-state index contributed by atoms with van der Waals surface area (Å²) in [4.78, 5) is 2.48. The zero-order valence-electron chi connectivity index (χ0n) is 14.0. The molecule has 2 nitrogen and oxygen atoms in total. The molecule has 0 aromatic heterocycles. The van der Waals surface area contributed by atoms with E-state index in [9.17, 15) is 0 Å². The highest BCUT2D eigenvalue weighted by atomic mass is 16.5. The van der Waals surface area contributed by atoms with Crippen molar-refractivity contribution < 1.29 is 4.74 Å². The maximum atomic E-state index is 5.83. The van der Waals surface area contributed by atoms with E-state index in [1.165, 1.54) is 5.56 Å². The fourth-order valence-corrected chi connectivity index (χ4v) is 2.71. The predicted molar refractivity (Wildman–Crippen MR) is 93.6 cm³/mol. The van der Waals surface area contributed by atoms with Crippen molar-refractivity contribution in [1.29, 1.82) is 0 Å². The van der Waals surface area contributed by atoms with Gasteiger partial charge in [0.05, 0.1) is 0 Å². The second kappa shape index (κ2) is 8.60. The Kier molecular flexibility index (Phi) is 6.47. The lowest BCUT2D eigenvalue weighted by Crippen LogP contribution is -2.28. The molecule has 118 valence electrons. The van der Waals surface area contributed by atoms with Gasteiger partial charge in [-0.2, -0.15) is 0 Å². The molecule has 0 fully saturated rings. The van der Waals surface area contributed by atoms with E-state index in [1.54, 1.807) is 0 Å². The van der Waals surface area contributed by atoms with E-state index in [0.717, 1.165) is 37.6 Å². The third-order valence-electron chi connectivity index (χ3n) is 3.95. The van der Waals surface area contributed by atoms with Gasteiger partial charge in [-0.1, -0.05) is 51.1 Å². The molecule has 0 aliphatic carbocycles. The van der Waals surface area contributed by atoms with E-state index in [0.29, 0.717) is 5.92 Å². The lowest BCUT2D eigenvalue weighted by Gasteiger charge is -2.22. The second-order valence-electron chi connectivity index (χ2n) is 5.85. The number of benzene rings is 2. The van der Waals surface area contributed by atoms with Crippen LogP contribution in [0.4, 0.5) is 0 Å². The highest BCUT2D eigenvalue weighted by Gasteiger charge is 2.08. The van der Waals surface area contributed by atoms with Gasteiger partial charge < -0.3 is 9.64 Å². The van der Waals surface area contributed by atoms with Crippen molar-refractivity contribution in [3.63, 3.8) is 0 Å². The van der Waals surface area contributed by atoms with Gasteiger partial charge in [-0.3, -0.25) is 0 Å². The number of para-hydroxylation sites is 1. The minimum Gasteiger partial charge on any atom is -0.457 e. The van der Waals surface area contributed by atoms with Gasteiger partial charge in [0.2, 0.25) is 0 Å². The molecule has 0 bridgehead atoms. The van der Waals surface area contributed by atoms with Crippen molar-refractivity contribution in [3.8, 4) is 11.5 Å². The molecule has 0 aliphatic rings. The van der Waals surface area contributed by atoms with Gasteiger partial charge in [-0.15, -0.1) is 0 Å². The first-order valence-electron chi connectivity index (χ1n) is 8.25. The predicted octanol–water partition coefficient (Wildman–Crippen LogP) is 5.00. The topological polar surface area (TPSA) is 12.5 Å². The van der Waals surface area contributed by atoms with Crippen molar-refractivity contribution in [1.82, 2.24) is 4.90 Å². The van der Waals surface area contributed by atoms with Crippen LogP contribution in [-0.4, -0.2) is 24.5 Å². The minimum atomic E-state index is 0.667. The zero-order chi connectivity index (χ0) is 15.8. The number of hydrogen-bond donors (Lipinski definition) is 0. The highest BCUT2D eigenvalue weighted by Crippen LogP contribution is 2.22. The third-order valence-corrected chi connectivity index (χ3v) is 3.95. The van der Waals surface area contributed by atoms with Crippen molar-refractivity contribution in [2.75, 3.05) is 19.6 Å². The molecule has 0 amide bonds. The van der Waals surface area contributed by atoms with Crippen molar-refractivity contribution in [3.05, 3.63) is 60.2 Å². The Morgan fingerprint density at radius 2 is 1.45 bits per heavy atom. The molecule has 0 N–H and O–H groups in total. The molecule has 1 atom stereocenters. The van der Waals surface area contributed by atoms with Crippen LogP contribution >= 0.6 is 0 Å². The van der Waals surface area contributed by atoms with Gasteiger partial charge in [0, 0.05) is 6.54 Å². The summed E-state index contributed by atoms with van der Waals surface area (Å²) in [7, 11) is 0. The Labute approximate surface area is 134 Å². The smallest absolute Gasteiger partial charge is 0.127 e. The van der Waals surface area contributed by atoms with Crippen LogP contribution in [0, 0.1) is 5.92 Å². The monoisotopic (exact) mass is 297 g/mol. The average molecular weight is 297 g/mol. The Hall–Kier alpha value is -1.80. The van der Waals surface area contributed by atoms with E-state index < -0.39 is 0 Å². The first kappa shape index (κ1) is 16.6. The van der Waals surface area contributed by atoms with Gasteiger partial charge in [-0.25, -0.2) is 0 Å². The lowest BCUT2D eigenvalue weighted by atomic mass is 10.0. The van der Waals surface area contributed by atoms with Gasteiger partial charge >= 0.3 is 0 Å². The summed E-state index contributed by atoms with van der Waals surface area (Å²) in [6.07, 6.45) is 1.11. The van der Waals surface area contributed by atoms with Crippen LogP contribution in [-0.2, 0) is 6.42 Å². The molecule has 2 rings (SSSR count). The summed E-state index contributed by atoms with van der Waals surface area (Å²) in [6, 6.07) is 18.4. The quantitative estimate of drug-likeness (QED) is 0.680. The third kappa shape index (κ3) is 5.19. The Morgan fingerprint density at radius 1 is 0.864 bits per heavy atom. The maximum absolute atomic E-state index is 5.83. The van der Waals surface area contributed by atoms with E-state index in [4.69, 9.17) is 4.74 Å². The molecule has 0 saturated carbocycles. The first-order valence-corrected chi connectivity index (χ1v) is 8.25. The zero-order valence-corrected chi connectivity index (χ0v) is 14.0. The number of ether oxygens (including phenoxy) is 1. The van der Waals surface area contributed by atoms with Crippen LogP contribution in [0.25, 0.3) is 0 Å². The largest absolute Gasteiger partial charge is 0.457 e. The minimum absolute atomic E-state index is 0.667. The SMILES string of the molecule is CCN(CC)CC(C)Cc1ccc(Oc2ccccc2)cc1. The van der Waals surface area contributed by atoms with Crippen molar-refractivity contribution >= 4 is 0 Å². The van der Waals surface area contributed by atoms with Crippen molar-refractivity contribution in [2.24, 2.45) is 5.92 Å². The molecular formula is C20H27NO.